The Balaban J connectivity index is 1.84. The molecule has 0 radical (unpaired) electrons. The minimum absolute atomic E-state index is 0.0210. The number of halogens is 3. The maximum atomic E-state index is 12.9. The van der Waals surface area contributed by atoms with Crippen molar-refractivity contribution in [3.8, 4) is 0 Å². The van der Waals surface area contributed by atoms with Crippen molar-refractivity contribution in [2.45, 2.75) is 31.0 Å². The largest absolute Gasteiger partial charge is 0.433 e. The molecule has 1 atom stereocenters. The van der Waals surface area contributed by atoms with Crippen LogP contribution in [0, 0.1) is 0 Å². The predicted molar refractivity (Wildman–Crippen MR) is 81.5 cm³/mol. The Labute approximate surface area is 138 Å². The van der Waals surface area contributed by atoms with Crippen molar-refractivity contribution in [3.63, 3.8) is 0 Å². The maximum Gasteiger partial charge on any atom is 0.433 e. The molecular weight excluding hydrogens is 323 g/mol. The number of alkyl halides is 3. The van der Waals surface area contributed by atoms with Gasteiger partial charge in [-0.3, -0.25) is 9.69 Å². The molecule has 24 heavy (non-hydrogen) atoms. The lowest BCUT2D eigenvalue weighted by molar-refractivity contribution is -0.141. The van der Waals surface area contributed by atoms with E-state index in [4.69, 9.17) is 0 Å². The quantitative estimate of drug-likeness (QED) is 0.833. The summed E-state index contributed by atoms with van der Waals surface area (Å²) in [7, 11) is 2.00. The third kappa shape index (κ3) is 3.31. The van der Waals surface area contributed by atoms with Crippen LogP contribution in [0.3, 0.4) is 0 Å². The average Bonchev–Trinajstić information content (AvgIpc) is 2.72. The van der Waals surface area contributed by atoms with Gasteiger partial charge >= 0.3 is 6.18 Å². The second-order valence-corrected chi connectivity index (χ2v) is 6.41. The van der Waals surface area contributed by atoms with Gasteiger partial charge in [-0.15, -0.1) is 0 Å². The number of carbonyl (C=O) groups is 1. The molecule has 2 aliphatic heterocycles. The molecule has 1 amide bonds. The van der Waals surface area contributed by atoms with Gasteiger partial charge in [0, 0.05) is 44.3 Å². The lowest BCUT2D eigenvalue weighted by Gasteiger charge is -2.49. The summed E-state index contributed by atoms with van der Waals surface area (Å²) in [6.45, 7) is 2.33. The van der Waals surface area contributed by atoms with Crippen molar-refractivity contribution in [2.24, 2.45) is 0 Å². The molecule has 3 heterocycles. The zero-order chi connectivity index (χ0) is 17.4. The van der Waals surface area contributed by atoms with Gasteiger partial charge in [0.2, 0.25) is 11.9 Å². The third-order valence-corrected chi connectivity index (χ3v) is 4.95. The number of anilines is 1. The van der Waals surface area contributed by atoms with Crippen LogP contribution >= 0.6 is 0 Å². The Bertz CT molecular complexity index is 623. The van der Waals surface area contributed by atoms with Crippen LogP contribution in [0.2, 0.25) is 0 Å². The molecule has 1 N–H and O–H groups in total. The lowest BCUT2D eigenvalue weighted by atomic mass is 9.86. The van der Waals surface area contributed by atoms with Crippen LogP contribution < -0.4 is 10.2 Å². The number of likely N-dealkylation sites (N-methyl/N-ethyl adjacent to an activating group) is 1. The van der Waals surface area contributed by atoms with Crippen LogP contribution in [0.1, 0.15) is 25.0 Å². The minimum Gasteiger partial charge on any atom is -0.356 e. The first-order valence-electron chi connectivity index (χ1n) is 7.93. The number of hydrogen-bond acceptors (Lipinski definition) is 5. The molecule has 2 saturated heterocycles. The van der Waals surface area contributed by atoms with E-state index in [1.54, 1.807) is 4.90 Å². The molecule has 1 spiro atoms. The Hall–Kier alpha value is -1.90. The number of rotatable bonds is 1. The van der Waals surface area contributed by atoms with Crippen LogP contribution in [0.15, 0.2) is 12.3 Å². The molecule has 0 unspecified atom stereocenters. The van der Waals surface area contributed by atoms with Gasteiger partial charge in [-0.2, -0.15) is 13.2 Å². The first-order valence-corrected chi connectivity index (χ1v) is 7.93. The first-order chi connectivity index (χ1) is 11.3. The number of amides is 1. The molecule has 1 aromatic rings. The summed E-state index contributed by atoms with van der Waals surface area (Å²) in [5.74, 6) is 0.119. The Kier molecular flexibility index (Phi) is 4.37. The van der Waals surface area contributed by atoms with E-state index in [-0.39, 0.29) is 17.4 Å². The highest BCUT2D eigenvalue weighted by Gasteiger charge is 2.42. The Morgan fingerprint density at radius 3 is 2.83 bits per heavy atom. The van der Waals surface area contributed by atoms with Crippen molar-refractivity contribution < 1.29 is 18.0 Å². The summed E-state index contributed by atoms with van der Waals surface area (Å²) in [6.07, 6.45) is -1.49. The summed E-state index contributed by atoms with van der Waals surface area (Å²) < 4.78 is 38.6. The van der Waals surface area contributed by atoms with E-state index in [0.29, 0.717) is 39.0 Å². The van der Waals surface area contributed by atoms with Gasteiger partial charge in [-0.1, -0.05) is 0 Å². The summed E-state index contributed by atoms with van der Waals surface area (Å²) >= 11 is 0. The molecular formula is C15H20F3N5O. The fourth-order valence-corrected chi connectivity index (χ4v) is 3.43. The van der Waals surface area contributed by atoms with Gasteiger partial charge in [0.15, 0.2) is 0 Å². The molecule has 3 rings (SSSR count). The minimum atomic E-state index is -4.49. The zero-order valence-corrected chi connectivity index (χ0v) is 13.4. The molecule has 9 heteroatoms. The van der Waals surface area contributed by atoms with Crippen LogP contribution in [0.25, 0.3) is 0 Å². The fourth-order valence-electron chi connectivity index (χ4n) is 3.43. The van der Waals surface area contributed by atoms with Crippen molar-refractivity contribution in [1.82, 2.24) is 20.2 Å². The smallest absolute Gasteiger partial charge is 0.356 e. The maximum absolute atomic E-state index is 12.9. The molecule has 1 aromatic heterocycles. The van der Waals surface area contributed by atoms with Crippen LogP contribution in [-0.4, -0.2) is 59.5 Å². The number of hydrogen-bond donors (Lipinski definition) is 1. The van der Waals surface area contributed by atoms with Crippen LogP contribution in [-0.2, 0) is 11.0 Å². The molecule has 2 aliphatic rings. The highest BCUT2D eigenvalue weighted by atomic mass is 19.4. The van der Waals surface area contributed by atoms with Gasteiger partial charge in [-0.05, 0) is 26.0 Å². The van der Waals surface area contributed by atoms with Crippen molar-refractivity contribution in [2.75, 3.05) is 38.1 Å². The van der Waals surface area contributed by atoms with E-state index in [2.05, 4.69) is 20.2 Å². The van der Waals surface area contributed by atoms with Gasteiger partial charge in [0.1, 0.15) is 5.69 Å². The van der Waals surface area contributed by atoms with E-state index >= 15 is 0 Å². The number of piperazine rings is 1. The normalized spacial score (nSPS) is 26.3. The van der Waals surface area contributed by atoms with Gasteiger partial charge < -0.3 is 10.2 Å². The van der Waals surface area contributed by atoms with E-state index in [0.717, 1.165) is 18.7 Å². The summed E-state index contributed by atoms with van der Waals surface area (Å²) in [5.41, 5.74) is -1.19. The van der Waals surface area contributed by atoms with Gasteiger partial charge in [0.25, 0.3) is 0 Å². The number of nitrogens with zero attached hydrogens (tertiary/aromatic N) is 4. The average molecular weight is 343 g/mol. The lowest BCUT2D eigenvalue weighted by Crippen LogP contribution is -2.61. The van der Waals surface area contributed by atoms with E-state index < -0.39 is 11.9 Å². The van der Waals surface area contributed by atoms with Crippen LogP contribution in [0.5, 0.6) is 0 Å². The second kappa shape index (κ2) is 6.19. The van der Waals surface area contributed by atoms with Crippen molar-refractivity contribution in [3.05, 3.63) is 18.0 Å². The van der Waals surface area contributed by atoms with Gasteiger partial charge in [0.05, 0.1) is 0 Å². The standard InChI is InChI=1S/C15H20F3N5O/c1-22-8-9-23(10-14(22)4-2-12(24)19-7-5-14)13-20-6-3-11(21-13)15(16,17)18/h3,6H,2,4-5,7-10H2,1H3,(H,19,24)/t14-/m0/s1. The molecule has 0 bridgehead atoms. The molecule has 2 fully saturated rings. The molecule has 0 aliphatic carbocycles. The molecule has 6 nitrogen and oxygen atoms in total. The molecule has 0 aromatic carbocycles. The fraction of sp³-hybridized carbons (Fsp3) is 0.667. The third-order valence-electron chi connectivity index (χ3n) is 4.95. The van der Waals surface area contributed by atoms with Crippen LogP contribution in [0.4, 0.5) is 19.1 Å². The first kappa shape index (κ1) is 16.9. The predicted octanol–water partition coefficient (Wildman–Crippen LogP) is 1.29. The zero-order valence-electron chi connectivity index (χ0n) is 13.4. The number of aromatic nitrogens is 2. The highest BCUT2D eigenvalue weighted by Crippen LogP contribution is 2.33. The molecule has 0 saturated carbocycles. The number of carbonyl (C=O) groups excluding carboxylic acids is 1. The Morgan fingerprint density at radius 1 is 1.29 bits per heavy atom. The summed E-state index contributed by atoms with van der Waals surface area (Å²) in [5, 5.41) is 2.86. The van der Waals surface area contributed by atoms with E-state index in [9.17, 15) is 18.0 Å². The van der Waals surface area contributed by atoms with E-state index in [1.807, 2.05) is 7.05 Å². The summed E-state index contributed by atoms with van der Waals surface area (Å²) in [6, 6.07) is 0.879. The SMILES string of the molecule is CN1CCN(c2nccc(C(F)(F)F)n2)C[C@]12CCNC(=O)CC2. The van der Waals surface area contributed by atoms with E-state index in [1.165, 1.54) is 0 Å². The highest BCUT2D eigenvalue weighted by molar-refractivity contribution is 5.76. The van der Waals surface area contributed by atoms with Crippen molar-refractivity contribution in [1.29, 1.82) is 0 Å². The monoisotopic (exact) mass is 343 g/mol. The Morgan fingerprint density at radius 2 is 2.08 bits per heavy atom. The van der Waals surface area contributed by atoms with Crippen molar-refractivity contribution >= 4 is 11.9 Å². The van der Waals surface area contributed by atoms with Gasteiger partial charge in [-0.25, -0.2) is 9.97 Å². The summed E-state index contributed by atoms with van der Waals surface area (Å²) in [4.78, 5) is 23.4. The number of nitrogens with one attached hydrogen (secondary N) is 1. The molecule has 132 valence electrons. The topological polar surface area (TPSA) is 61.4 Å². The second-order valence-electron chi connectivity index (χ2n) is 6.41.